The summed E-state index contributed by atoms with van der Waals surface area (Å²) in [5.74, 6) is 1.01. The number of hydrogen-bond acceptors (Lipinski definition) is 4. The molecule has 1 aromatic heterocycles. The molecule has 0 radical (unpaired) electrons. The number of hydrogen-bond donors (Lipinski definition) is 1. The minimum atomic E-state index is -0.486. The van der Waals surface area contributed by atoms with Gasteiger partial charge in [-0.05, 0) is 5.92 Å². The molecule has 0 spiro atoms. The Labute approximate surface area is 88.4 Å². The zero-order valence-corrected chi connectivity index (χ0v) is 9.11. The van der Waals surface area contributed by atoms with Crippen molar-refractivity contribution in [3.8, 4) is 6.07 Å². The zero-order chi connectivity index (χ0) is 11.4. The topological polar surface area (TPSA) is 72.8 Å². The van der Waals surface area contributed by atoms with Crippen LogP contribution in [-0.2, 0) is 0 Å². The van der Waals surface area contributed by atoms with Gasteiger partial charge in [-0.15, -0.1) is 0 Å². The summed E-state index contributed by atoms with van der Waals surface area (Å²) in [5.41, 5.74) is -0.250. The van der Waals surface area contributed by atoms with Gasteiger partial charge in [0.05, 0.1) is 0 Å². The van der Waals surface area contributed by atoms with Crippen molar-refractivity contribution in [1.82, 2.24) is 9.97 Å². The molecule has 0 unspecified atom stereocenters. The number of H-pyrrole nitrogens is 1. The summed E-state index contributed by atoms with van der Waals surface area (Å²) in [5, 5.41) is 8.68. The standard InChI is InChI=1S/C10H14N4O/c1-7(2)6-14(3)9-4-8(5-11)12-10(15)13-9/h4,7H,6H2,1-3H3,(H,12,13,15). The van der Waals surface area contributed by atoms with Gasteiger partial charge < -0.3 is 4.90 Å². The molecule has 15 heavy (non-hydrogen) atoms. The molecule has 5 nitrogen and oxygen atoms in total. The van der Waals surface area contributed by atoms with E-state index >= 15 is 0 Å². The molecule has 5 heteroatoms. The molecule has 0 aliphatic rings. The molecule has 0 aliphatic heterocycles. The minimum absolute atomic E-state index is 0.237. The van der Waals surface area contributed by atoms with Crippen LogP contribution in [0.1, 0.15) is 19.5 Å². The van der Waals surface area contributed by atoms with E-state index in [4.69, 9.17) is 5.26 Å². The van der Waals surface area contributed by atoms with Crippen LogP contribution in [-0.4, -0.2) is 23.6 Å². The number of nitrogens with zero attached hydrogens (tertiary/aromatic N) is 3. The second-order valence-corrected chi connectivity index (χ2v) is 3.84. The highest BCUT2D eigenvalue weighted by Crippen LogP contribution is 2.08. The van der Waals surface area contributed by atoms with Gasteiger partial charge in [-0.25, -0.2) is 4.79 Å². The number of aromatic nitrogens is 2. The molecule has 0 amide bonds. The van der Waals surface area contributed by atoms with Crippen molar-refractivity contribution < 1.29 is 0 Å². The van der Waals surface area contributed by atoms with Crippen LogP contribution in [0.15, 0.2) is 10.9 Å². The summed E-state index contributed by atoms with van der Waals surface area (Å²) in [6, 6.07) is 3.47. The molecule has 0 saturated carbocycles. The van der Waals surface area contributed by atoms with E-state index in [0.717, 1.165) is 6.54 Å². The maximum Gasteiger partial charge on any atom is 0.347 e. The molecule has 80 valence electrons. The van der Waals surface area contributed by atoms with E-state index in [1.165, 1.54) is 0 Å². The second kappa shape index (κ2) is 4.60. The molecule has 0 saturated heterocycles. The van der Waals surface area contributed by atoms with Gasteiger partial charge in [-0.3, -0.25) is 4.98 Å². The third-order valence-corrected chi connectivity index (χ3v) is 1.88. The number of rotatable bonds is 3. The minimum Gasteiger partial charge on any atom is -0.359 e. The van der Waals surface area contributed by atoms with Gasteiger partial charge in [0.2, 0.25) is 0 Å². The highest BCUT2D eigenvalue weighted by Gasteiger charge is 2.07. The summed E-state index contributed by atoms with van der Waals surface area (Å²) in [7, 11) is 1.85. The van der Waals surface area contributed by atoms with Crippen LogP contribution < -0.4 is 10.6 Å². The Kier molecular flexibility index (Phi) is 3.45. The SMILES string of the molecule is CC(C)CN(C)c1cc(C#N)[nH]c(=O)n1. The summed E-state index contributed by atoms with van der Waals surface area (Å²) >= 11 is 0. The number of anilines is 1. The lowest BCUT2D eigenvalue weighted by Gasteiger charge is -2.19. The third kappa shape index (κ3) is 3.09. The quantitative estimate of drug-likeness (QED) is 0.791. The second-order valence-electron chi connectivity index (χ2n) is 3.84. The molecular formula is C10H14N4O. The summed E-state index contributed by atoms with van der Waals surface area (Å²) in [4.78, 5) is 19.1. The first-order valence-corrected chi connectivity index (χ1v) is 4.75. The Morgan fingerprint density at radius 3 is 2.87 bits per heavy atom. The van der Waals surface area contributed by atoms with Crippen LogP contribution in [0.5, 0.6) is 0 Å². The highest BCUT2D eigenvalue weighted by molar-refractivity contribution is 5.40. The molecule has 0 bridgehead atoms. The molecule has 0 atom stereocenters. The van der Waals surface area contributed by atoms with Crippen molar-refractivity contribution in [2.45, 2.75) is 13.8 Å². The van der Waals surface area contributed by atoms with Crippen molar-refractivity contribution in [2.75, 3.05) is 18.5 Å². The van der Waals surface area contributed by atoms with E-state index in [9.17, 15) is 4.79 Å². The maximum absolute atomic E-state index is 11.1. The van der Waals surface area contributed by atoms with Crippen molar-refractivity contribution in [2.24, 2.45) is 5.92 Å². The van der Waals surface area contributed by atoms with Gasteiger partial charge >= 0.3 is 5.69 Å². The normalized spacial score (nSPS) is 10.1. The summed E-state index contributed by atoms with van der Waals surface area (Å²) in [6.45, 7) is 4.95. The van der Waals surface area contributed by atoms with E-state index in [1.807, 2.05) is 18.0 Å². The molecule has 1 aromatic rings. The number of nitrogens with one attached hydrogen (secondary N) is 1. The third-order valence-electron chi connectivity index (χ3n) is 1.88. The van der Waals surface area contributed by atoms with E-state index < -0.39 is 5.69 Å². The van der Waals surface area contributed by atoms with Crippen molar-refractivity contribution >= 4 is 5.82 Å². The molecule has 0 aliphatic carbocycles. The molecule has 1 heterocycles. The van der Waals surface area contributed by atoms with Crippen LogP contribution in [0.2, 0.25) is 0 Å². The van der Waals surface area contributed by atoms with Gasteiger partial charge in [0, 0.05) is 19.7 Å². The van der Waals surface area contributed by atoms with Crippen LogP contribution in [0, 0.1) is 17.2 Å². The first kappa shape index (κ1) is 11.2. The molecule has 0 aromatic carbocycles. The molecular weight excluding hydrogens is 192 g/mol. The van der Waals surface area contributed by atoms with Gasteiger partial charge in [0.15, 0.2) is 0 Å². The Morgan fingerprint density at radius 1 is 1.67 bits per heavy atom. The molecule has 0 fully saturated rings. The van der Waals surface area contributed by atoms with Gasteiger partial charge in [-0.1, -0.05) is 13.8 Å². The Bertz CT molecular complexity index is 430. The van der Waals surface area contributed by atoms with Crippen LogP contribution in [0.4, 0.5) is 5.82 Å². The van der Waals surface area contributed by atoms with Gasteiger partial charge in [-0.2, -0.15) is 10.2 Å². The molecule has 1 N–H and O–H groups in total. The van der Waals surface area contributed by atoms with Gasteiger partial charge in [0.1, 0.15) is 17.6 Å². The fourth-order valence-corrected chi connectivity index (χ4v) is 1.34. The highest BCUT2D eigenvalue weighted by atomic mass is 16.1. The monoisotopic (exact) mass is 206 g/mol. The summed E-state index contributed by atoms with van der Waals surface area (Å²) in [6.07, 6.45) is 0. The smallest absolute Gasteiger partial charge is 0.347 e. The van der Waals surface area contributed by atoms with E-state index in [0.29, 0.717) is 11.7 Å². The zero-order valence-electron chi connectivity index (χ0n) is 9.11. The average Bonchev–Trinajstić information content (AvgIpc) is 2.15. The van der Waals surface area contributed by atoms with E-state index in [-0.39, 0.29) is 5.69 Å². The van der Waals surface area contributed by atoms with E-state index in [1.54, 1.807) is 6.07 Å². The number of nitriles is 1. The largest absolute Gasteiger partial charge is 0.359 e. The lowest BCUT2D eigenvalue weighted by molar-refractivity contribution is 0.633. The first-order chi connectivity index (χ1) is 7.02. The lowest BCUT2D eigenvalue weighted by Crippen LogP contribution is -2.26. The Hall–Kier alpha value is -1.83. The van der Waals surface area contributed by atoms with Crippen LogP contribution >= 0.6 is 0 Å². The maximum atomic E-state index is 11.1. The lowest BCUT2D eigenvalue weighted by atomic mass is 10.2. The van der Waals surface area contributed by atoms with Crippen molar-refractivity contribution in [3.05, 3.63) is 22.2 Å². The fourth-order valence-electron chi connectivity index (χ4n) is 1.34. The molecule has 1 rings (SSSR count). The average molecular weight is 206 g/mol. The summed E-state index contributed by atoms with van der Waals surface area (Å²) < 4.78 is 0. The first-order valence-electron chi connectivity index (χ1n) is 4.75. The van der Waals surface area contributed by atoms with Crippen LogP contribution in [0.25, 0.3) is 0 Å². The Balaban J connectivity index is 2.99. The predicted molar refractivity (Wildman–Crippen MR) is 57.7 cm³/mol. The van der Waals surface area contributed by atoms with Crippen molar-refractivity contribution in [3.63, 3.8) is 0 Å². The number of aromatic amines is 1. The van der Waals surface area contributed by atoms with E-state index in [2.05, 4.69) is 23.8 Å². The Morgan fingerprint density at radius 2 is 2.33 bits per heavy atom. The van der Waals surface area contributed by atoms with Gasteiger partial charge in [0.25, 0.3) is 0 Å². The van der Waals surface area contributed by atoms with Crippen molar-refractivity contribution in [1.29, 1.82) is 5.26 Å². The fraction of sp³-hybridized carbons (Fsp3) is 0.500. The predicted octanol–water partition coefficient (Wildman–Crippen LogP) is 0.734. The van der Waals surface area contributed by atoms with Crippen LogP contribution in [0.3, 0.4) is 0 Å².